The molecule has 0 radical (unpaired) electrons. The minimum absolute atomic E-state index is 0.158. The van der Waals surface area contributed by atoms with Gasteiger partial charge in [-0.15, -0.1) is 11.3 Å². The zero-order valence-electron chi connectivity index (χ0n) is 22.0. The Labute approximate surface area is 230 Å². The molecule has 39 heavy (non-hydrogen) atoms. The van der Waals surface area contributed by atoms with Gasteiger partial charge in [0.05, 0.1) is 23.2 Å². The summed E-state index contributed by atoms with van der Waals surface area (Å²) in [5.74, 6) is 1.39. The van der Waals surface area contributed by atoms with Gasteiger partial charge in [0, 0.05) is 37.5 Å². The highest BCUT2D eigenvalue weighted by atomic mass is 32.1. The Hall–Kier alpha value is -4.11. The van der Waals surface area contributed by atoms with Gasteiger partial charge >= 0.3 is 0 Å². The lowest BCUT2D eigenvalue weighted by atomic mass is 10.1. The van der Waals surface area contributed by atoms with Crippen molar-refractivity contribution in [3.63, 3.8) is 0 Å². The van der Waals surface area contributed by atoms with E-state index in [9.17, 15) is 9.18 Å². The maximum atomic E-state index is 13.7. The minimum Gasteiger partial charge on any atom is -0.352 e. The number of hydrogen-bond acceptors (Lipinski definition) is 6. The van der Waals surface area contributed by atoms with Gasteiger partial charge in [0.2, 0.25) is 5.91 Å². The lowest BCUT2D eigenvalue weighted by Gasteiger charge is -2.35. The van der Waals surface area contributed by atoms with Gasteiger partial charge in [0.25, 0.3) is 0 Å². The van der Waals surface area contributed by atoms with Crippen molar-refractivity contribution in [2.75, 3.05) is 31.1 Å². The number of piperazine rings is 1. The van der Waals surface area contributed by atoms with Crippen molar-refractivity contribution in [2.45, 2.75) is 26.7 Å². The molecule has 1 aliphatic heterocycles. The Morgan fingerprint density at radius 1 is 0.949 bits per heavy atom. The number of hydrogen-bond donors (Lipinski definition) is 0. The Morgan fingerprint density at radius 3 is 2.38 bits per heavy atom. The van der Waals surface area contributed by atoms with E-state index in [1.165, 1.54) is 17.7 Å². The first-order valence-corrected chi connectivity index (χ1v) is 14.0. The number of amides is 1. The number of aromatic nitrogens is 4. The molecule has 0 spiro atoms. The monoisotopic (exact) mass is 540 g/mol. The van der Waals surface area contributed by atoms with Crippen LogP contribution in [-0.2, 0) is 17.6 Å². The Bertz CT molecular complexity index is 1600. The number of halogens is 1. The second-order valence-corrected chi connectivity index (χ2v) is 11.0. The van der Waals surface area contributed by atoms with Crippen LogP contribution in [0.1, 0.15) is 27.5 Å². The second-order valence-electron chi connectivity index (χ2n) is 9.92. The predicted molar refractivity (Wildman–Crippen MR) is 152 cm³/mol. The minimum atomic E-state index is -0.297. The quantitative estimate of drug-likeness (QED) is 0.299. The van der Waals surface area contributed by atoms with Crippen molar-refractivity contribution in [1.29, 1.82) is 0 Å². The molecule has 0 N–H and O–H groups in total. The number of anilines is 1. The fourth-order valence-electron chi connectivity index (χ4n) is 5.01. The molecule has 0 atom stereocenters. The third-order valence-corrected chi connectivity index (χ3v) is 8.00. The summed E-state index contributed by atoms with van der Waals surface area (Å²) in [6.45, 7) is 6.64. The predicted octanol–water partition coefficient (Wildman–Crippen LogP) is 5.12. The number of rotatable bonds is 6. The normalized spacial score (nSPS) is 13.8. The molecule has 5 aromatic rings. The molecule has 0 unspecified atom stereocenters. The molecule has 1 saturated heterocycles. The van der Waals surface area contributed by atoms with E-state index in [4.69, 9.17) is 15.1 Å². The van der Waals surface area contributed by atoms with Crippen LogP contribution >= 0.6 is 11.3 Å². The molecule has 9 heteroatoms. The first kappa shape index (κ1) is 25.2. The van der Waals surface area contributed by atoms with Crippen LogP contribution in [0.25, 0.3) is 16.7 Å². The zero-order valence-corrected chi connectivity index (χ0v) is 22.8. The van der Waals surface area contributed by atoms with Crippen molar-refractivity contribution in [3.05, 3.63) is 99.4 Å². The first-order chi connectivity index (χ1) is 18.9. The van der Waals surface area contributed by atoms with E-state index in [0.717, 1.165) is 33.0 Å². The molecule has 0 aliphatic carbocycles. The summed E-state index contributed by atoms with van der Waals surface area (Å²) >= 11 is 1.61. The molecule has 0 bridgehead atoms. The van der Waals surface area contributed by atoms with Crippen LogP contribution in [0, 0.1) is 19.7 Å². The Balaban J connectivity index is 1.34. The first-order valence-electron chi connectivity index (χ1n) is 13.1. The summed E-state index contributed by atoms with van der Waals surface area (Å²) in [4.78, 5) is 28.2. The molecular weight excluding hydrogens is 511 g/mol. The SMILES string of the molecule is Cc1ccc(Cc2nc(N3CCN(C(=O)Cc4cccs4)CC3)c3c(C)nn(-c4ccc(F)cc4)c3n2)cc1. The maximum Gasteiger partial charge on any atom is 0.227 e. The van der Waals surface area contributed by atoms with Gasteiger partial charge in [-0.2, -0.15) is 5.10 Å². The molecule has 0 saturated carbocycles. The van der Waals surface area contributed by atoms with Crippen molar-refractivity contribution in [1.82, 2.24) is 24.6 Å². The number of benzene rings is 2. The van der Waals surface area contributed by atoms with Gasteiger partial charge in [-0.1, -0.05) is 35.9 Å². The zero-order chi connectivity index (χ0) is 26.9. The van der Waals surface area contributed by atoms with E-state index in [2.05, 4.69) is 36.1 Å². The lowest BCUT2D eigenvalue weighted by Crippen LogP contribution is -2.49. The van der Waals surface area contributed by atoms with Crippen LogP contribution < -0.4 is 4.90 Å². The third kappa shape index (κ3) is 5.27. The van der Waals surface area contributed by atoms with Crippen LogP contribution in [0.3, 0.4) is 0 Å². The topological polar surface area (TPSA) is 67.2 Å². The number of fused-ring (bicyclic) bond motifs is 1. The van der Waals surface area contributed by atoms with Crippen molar-refractivity contribution in [2.24, 2.45) is 0 Å². The van der Waals surface area contributed by atoms with E-state index in [0.29, 0.717) is 50.5 Å². The van der Waals surface area contributed by atoms with Gasteiger partial charge in [0.1, 0.15) is 17.5 Å². The highest BCUT2D eigenvalue weighted by molar-refractivity contribution is 7.10. The molecule has 7 nitrogen and oxygen atoms in total. The van der Waals surface area contributed by atoms with E-state index in [1.54, 1.807) is 28.2 Å². The highest BCUT2D eigenvalue weighted by Crippen LogP contribution is 2.30. The smallest absolute Gasteiger partial charge is 0.227 e. The van der Waals surface area contributed by atoms with Gasteiger partial charge in [-0.25, -0.2) is 19.0 Å². The van der Waals surface area contributed by atoms with Crippen LogP contribution in [0.2, 0.25) is 0 Å². The number of carbonyl (C=O) groups excluding carboxylic acids is 1. The lowest BCUT2D eigenvalue weighted by molar-refractivity contribution is -0.130. The fraction of sp³-hybridized carbons (Fsp3) is 0.267. The van der Waals surface area contributed by atoms with E-state index in [1.807, 2.05) is 29.3 Å². The summed E-state index contributed by atoms with van der Waals surface area (Å²) in [5.41, 5.74) is 4.57. The van der Waals surface area contributed by atoms with E-state index >= 15 is 0 Å². The Morgan fingerprint density at radius 2 is 1.69 bits per heavy atom. The van der Waals surface area contributed by atoms with Crippen LogP contribution in [-0.4, -0.2) is 56.7 Å². The maximum absolute atomic E-state index is 13.7. The average molecular weight is 541 g/mol. The van der Waals surface area contributed by atoms with Crippen molar-refractivity contribution < 1.29 is 9.18 Å². The number of aryl methyl sites for hydroxylation is 2. The summed E-state index contributed by atoms with van der Waals surface area (Å²) in [6.07, 6.45) is 1.02. The largest absolute Gasteiger partial charge is 0.352 e. The standard InChI is InChI=1S/C30H29FN6OS/c1-20-5-7-22(8-6-20)18-26-32-29(36-15-13-35(14-16-36)27(38)19-25-4-3-17-39-25)28-21(2)34-37(30(28)33-26)24-11-9-23(31)10-12-24/h3-12,17H,13-16,18-19H2,1-2H3. The van der Waals surface area contributed by atoms with E-state index < -0.39 is 0 Å². The van der Waals surface area contributed by atoms with Crippen LogP contribution in [0.15, 0.2) is 66.0 Å². The van der Waals surface area contributed by atoms with Gasteiger partial charge < -0.3 is 9.80 Å². The molecular formula is C30H29FN6OS. The van der Waals surface area contributed by atoms with Crippen molar-refractivity contribution in [3.8, 4) is 5.69 Å². The van der Waals surface area contributed by atoms with Crippen molar-refractivity contribution >= 4 is 34.1 Å². The molecule has 2 aromatic carbocycles. The molecule has 6 rings (SSSR count). The molecule has 3 aromatic heterocycles. The summed E-state index contributed by atoms with van der Waals surface area (Å²) < 4.78 is 15.4. The molecule has 198 valence electrons. The number of carbonyl (C=O) groups is 1. The average Bonchev–Trinajstić information content (AvgIpc) is 3.58. The summed E-state index contributed by atoms with van der Waals surface area (Å²) in [7, 11) is 0. The van der Waals surface area contributed by atoms with E-state index in [-0.39, 0.29) is 11.7 Å². The fourth-order valence-corrected chi connectivity index (χ4v) is 5.70. The molecule has 1 aliphatic rings. The Kier molecular flexibility index (Phi) is 6.83. The third-order valence-electron chi connectivity index (χ3n) is 7.12. The number of thiophene rings is 1. The van der Waals surface area contributed by atoms with Crippen LogP contribution in [0.5, 0.6) is 0 Å². The van der Waals surface area contributed by atoms with Gasteiger partial charge in [0.15, 0.2) is 5.65 Å². The number of nitrogens with zero attached hydrogens (tertiary/aromatic N) is 6. The van der Waals surface area contributed by atoms with Gasteiger partial charge in [-0.05, 0) is 55.1 Å². The van der Waals surface area contributed by atoms with Crippen LogP contribution in [0.4, 0.5) is 10.2 Å². The summed E-state index contributed by atoms with van der Waals surface area (Å²) in [6, 6.07) is 18.7. The summed E-state index contributed by atoms with van der Waals surface area (Å²) in [5, 5.41) is 7.67. The molecule has 1 fully saturated rings. The van der Waals surface area contributed by atoms with Gasteiger partial charge in [-0.3, -0.25) is 4.79 Å². The molecule has 1 amide bonds. The molecule has 4 heterocycles. The second kappa shape index (κ2) is 10.6. The highest BCUT2D eigenvalue weighted by Gasteiger charge is 2.26.